The molecule has 1 saturated heterocycles. The van der Waals surface area contributed by atoms with Crippen LogP contribution in [0.3, 0.4) is 0 Å². The zero-order valence-electron chi connectivity index (χ0n) is 14.9. The first-order valence-corrected chi connectivity index (χ1v) is 8.73. The van der Waals surface area contributed by atoms with Gasteiger partial charge in [0.05, 0.1) is 10.8 Å². The molecule has 0 saturated carbocycles. The number of hydrogen-bond acceptors (Lipinski definition) is 7. The van der Waals surface area contributed by atoms with Gasteiger partial charge in [0.15, 0.2) is 0 Å². The topological polar surface area (TPSA) is 119 Å². The molecule has 1 aromatic heterocycles. The van der Waals surface area contributed by atoms with Gasteiger partial charge in [-0.1, -0.05) is 19.1 Å². The van der Waals surface area contributed by atoms with E-state index in [1.54, 1.807) is 17.0 Å². The summed E-state index contributed by atoms with van der Waals surface area (Å²) >= 11 is 0. The van der Waals surface area contributed by atoms with Gasteiger partial charge in [-0.05, 0) is 37.0 Å². The maximum atomic E-state index is 11.7. The Bertz CT molecular complexity index is 832. The summed E-state index contributed by atoms with van der Waals surface area (Å²) in [6.45, 7) is 2.78. The Hall–Kier alpha value is -3.23. The van der Waals surface area contributed by atoms with Crippen molar-refractivity contribution in [3.05, 3.63) is 46.3 Å². The molecule has 0 spiro atoms. The molecule has 0 atom stereocenters. The molecule has 0 aliphatic carbocycles. The molecule has 27 heavy (non-hydrogen) atoms. The van der Waals surface area contributed by atoms with Gasteiger partial charge in [0.1, 0.15) is 12.1 Å². The molecule has 2 aromatic rings. The Balaban J connectivity index is 1.86. The second-order valence-electron chi connectivity index (χ2n) is 6.31. The molecule has 0 unspecified atom stereocenters. The van der Waals surface area contributed by atoms with Gasteiger partial charge in [-0.3, -0.25) is 14.9 Å². The fourth-order valence-corrected chi connectivity index (χ4v) is 3.06. The van der Waals surface area contributed by atoms with Crippen molar-refractivity contribution in [1.82, 2.24) is 9.97 Å². The third-order valence-electron chi connectivity index (χ3n) is 4.64. The lowest BCUT2D eigenvalue weighted by Gasteiger charge is -2.30. The van der Waals surface area contributed by atoms with E-state index < -0.39 is 16.8 Å². The SMILES string of the molecule is CCc1ccc(Oc2ncnc(N3CCC(C(=O)O)CC3)c2[N+](=O)[O-])cc1. The summed E-state index contributed by atoms with van der Waals surface area (Å²) in [5.41, 5.74) is 0.812. The number of carboxylic acids is 1. The minimum Gasteiger partial charge on any atom is -0.481 e. The van der Waals surface area contributed by atoms with Crippen LogP contribution in [0.2, 0.25) is 0 Å². The molecule has 142 valence electrons. The number of rotatable bonds is 6. The molecular weight excluding hydrogens is 352 g/mol. The van der Waals surface area contributed by atoms with Crippen LogP contribution >= 0.6 is 0 Å². The van der Waals surface area contributed by atoms with Crippen LogP contribution in [-0.2, 0) is 11.2 Å². The fourth-order valence-electron chi connectivity index (χ4n) is 3.06. The summed E-state index contributed by atoms with van der Waals surface area (Å²) in [5, 5.41) is 20.8. The van der Waals surface area contributed by atoms with E-state index in [0.717, 1.165) is 12.0 Å². The summed E-state index contributed by atoms with van der Waals surface area (Å²) in [4.78, 5) is 31.9. The molecule has 3 rings (SSSR count). The van der Waals surface area contributed by atoms with Crippen molar-refractivity contribution in [3.8, 4) is 11.6 Å². The number of carboxylic acid groups (broad SMARTS) is 1. The van der Waals surface area contributed by atoms with Crippen molar-refractivity contribution in [2.24, 2.45) is 5.92 Å². The Kier molecular flexibility index (Phi) is 5.49. The zero-order chi connectivity index (χ0) is 19.4. The van der Waals surface area contributed by atoms with Crippen LogP contribution in [0.25, 0.3) is 0 Å². The molecule has 0 amide bonds. The van der Waals surface area contributed by atoms with E-state index in [1.807, 2.05) is 19.1 Å². The van der Waals surface area contributed by atoms with Gasteiger partial charge in [0.25, 0.3) is 0 Å². The van der Waals surface area contributed by atoms with E-state index in [9.17, 15) is 14.9 Å². The molecule has 1 aliphatic rings. The van der Waals surface area contributed by atoms with Crippen molar-refractivity contribution in [2.75, 3.05) is 18.0 Å². The van der Waals surface area contributed by atoms with Gasteiger partial charge in [-0.15, -0.1) is 0 Å². The largest absolute Gasteiger partial charge is 0.481 e. The first kappa shape index (κ1) is 18.6. The number of carbonyl (C=O) groups is 1. The third-order valence-corrected chi connectivity index (χ3v) is 4.64. The smallest absolute Gasteiger partial charge is 0.373 e. The highest BCUT2D eigenvalue weighted by Gasteiger charge is 2.32. The van der Waals surface area contributed by atoms with Crippen molar-refractivity contribution >= 4 is 17.5 Å². The number of hydrogen-bond donors (Lipinski definition) is 1. The molecule has 2 heterocycles. The number of aryl methyl sites for hydroxylation is 1. The van der Waals surface area contributed by atoms with Crippen molar-refractivity contribution in [2.45, 2.75) is 26.2 Å². The van der Waals surface area contributed by atoms with Crippen LogP contribution in [0.4, 0.5) is 11.5 Å². The number of piperidine rings is 1. The van der Waals surface area contributed by atoms with Crippen LogP contribution in [0.5, 0.6) is 11.6 Å². The van der Waals surface area contributed by atoms with Gasteiger partial charge in [-0.25, -0.2) is 4.98 Å². The molecular formula is C18H20N4O5. The number of nitrogens with zero attached hydrogens (tertiary/aromatic N) is 4. The third kappa shape index (κ3) is 4.13. The Labute approximate surface area is 155 Å². The second-order valence-corrected chi connectivity index (χ2v) is 6.31. The average Bonchev–Trinajstić information content (AvgIpc) is 2.68. The number of aromatic nitrogens is 2. The Morgan fingerprint density at radius 2 is 1.96 bits per heavy atom. The van der Waals surface area contributed by atoms with Crippen LogP contribution in [0.1, 0.15) is 25.3 Å². The van der Waals surface area contributed by atoms with E-state index >= 15 is 0 Å². The van der Waals surface area contributed by atoms with Crippen molar-refractivity contribution < 1.29 is 19.6 Å². The predicted octanol–water partition coefficient (Wildman–Crippen LogP) is 3.04. The highest BCUT2D eigenvalue weighted by Crippen LogP contribution is 2.37. The number of ether oxygens (including phenoxy) is 1. The highest BCUT2D eigenvalue weighted by molar-refractivity contribution is 5.71. The number of anilines is 1. The maximum Gasteiger partial charge on any atom is 0.373 e. The van der Waals surface area contributed by atoms with Gasteiger partial charge < -0.3 is 14.7 Å². The minimum absolute atomic E-state index is 0.130. The van der Waals surface area contributed by atoms with Gasteiger partial charge in [0.2, 0.25) is 5.82 Å². The van der Waals surface area contributed by atoms with Crippen molar-refractivity contribution in [3.63, 3.8) is 0 Å². The van der Waals surface area contributed by atoms with E-state index in [0.29, 0.717) is 31.7 Å². The standard InChI is InChI=1S/C18H20N4O5/c1-2-12-3-5-14(6-4-12)27-17-15(22(25)26)16(19-11-20-17)21-9-7-13(8-10-21)18(23)24/h3-6,11,13H,2,7-10H2,1H3,(H,23,24). The molecule has 0 radical (unpaired) electrons. The second kappa shape index (κ2) is 7.98. The lowest BCUT2D eigenvalue weighted by atomic mass is 9.97. The summed E-state index contributed by atoms with van der Waals surface area (Å²) in [5.74, 6) is -0.806. The molecule has 1 aliphatic heterocycles. The first-order valence-electron chi connectivity index (χ1n) is 8.73. The fraction of sp³-hybridized carbons (Fsp3) is 0.389. The molecule has 1 fully saturated rings. The molecule has 0 bridgehead atoms. The predicted molar refractivity (Wildman–Crippen MR) is 97.2 cm³/mol. The average molecular weight is 372 g/mol. The number of aliphatic carboxylic acids is 1. The van der Waals surface area contributed by atoms with Crippen LogP contribution in [0, 0.1) is 16.0 Å². The lowest BCUT2D eigenvalue weighted by Crippen LogP contribution is -2.37. The lowest BCUT2D eigenvalue weighted by molar-refractivity contribution is -0.385. The van der Waals surface area contributed by atoms with E-state index in [-0.39, 0.29) is 17.4 Å². The van der Waals surface area contributed by atoms with Gasteiger partial charge >= 0.3 is 17.5 Å². The van der Waals surface area contributed by atoms with Crippen LogP contribution in [-0.4, -0.2) is 39.1 Å². The summed E-state index contributed by atoms with van der Waals surface area (Å²) in [6, 6.07) is 7.26. The normalized spacial score (nSPS) is 14.8. The molecule has 1 aromatic carbocycles. The maximum absolute atomic E-state index is 11.7. The van der Waals surface area contributed by atoms with Crippen LogP contribution < -0.4 is 9.64 Å². The highest BCUT2D eigenvalue weighted by atomic mass is 16.6. The van der Waals surface area contributed by atoms with Crippen LogP contribution in [0.15, 0.2) is 30.6 Å². The minimum atomic E-state index is -0.841. The monoisotopic (exact) mass is 372 g/mol. The van der Waals surface area contributed by atoms with Gasteiger partial charge in [0, 0.05) is 13.1 Å². The summed E-state index contributed by atoms with van der Waals surface area (Å²) in [7, 11) is 0. The molecule has 1 N–H and O–H groups in total. The quantitative estimate of drug-likeness (QED) is 0.607. The van der Waals surface area contributed by atoms with Crippen molar-refractivity contribution in [1.29, 1.82) is 0 Å². The number of benzene rings is 1. The zero-order valence-corrected chi connectivity index (χ0v) is 14.9. The number of nitro groups is 1. The molecule has 9 nitrogen and oxygen atoms in total. The van der Waals surface area contributed by atoms with E-state index in [2.05, 4.69) is 9.97 Å². The van der Waals surface area contributed by atoms with Gasteiger partial charge in [-0.2, -0.15) is 4.98 Å². The van der Waals surface area contributed by atoms with E-state index in [1.165, 1.54) is 6.33 Å². The summed E-state index contributed by atoms with van der Waals surface area (Å²) in [6.07, 6.45) is 2.92. The Morgan fingerprint density at radius 1 is 1.30 bits per heavy atom. The Morgan fingerprint density at radius 3 is 2.52 bits per heavy atom. The first-order chi connectivity index (χ1) is 13.0. The summed E-state index contributed by atoms with van der Waals surface area (Å²) < 4.78 is 5.65. The van der Waals surface area contributed by atoms with E-state index in [4.69, 9.17) is 9.84 Å². The molecule has 9 heteroatoms.